The number of likely N-dealkylation sites (tertiary alicyclic amines) is 1. The van der Waals surface area contributed by atoms with Crippen molar-refractivity contribution in [2.45, 2.75) is 30.4 Å². The van der Waals surface area contributed by atoms with Gasteiger partial charge in [-0.15, -0.1) is 11.8 Å². The molecule has 1 heterocycles. The molecule has 0 amide bonds. The molecule has 0 saturated carbocycles. The molecule has 0 aliphatic carbocycles. The maximum absolute atomic E-state index is 3.70. The minimum atomic E-state index is 0.615. The molecule has 1 fully saturated rings. The lowest BCUT2D eigenvalue weighted by atomic mass is 10.2. The lowest BCUT2D eigenvalue weighted by Gasteiger charge is -2.17. The molecule has 2 aromatic rings. The van der Waals surface area contributed by atoms with Crippen molar-refractivity contribution < 1.29 is 0 Å². The van der Waals surface area contributed by atoms with Crippen LogP contribution in [0.4, 0.5) is 0 Å². The number of nitrogens with zero attached hydrogens (tertiary/aromatic N) is 1. The Hall–Kier alpha value is -1.29. The summed E-state index contributed by atoms with van der Waals surface area (Å²) in [6, 6.07) is 20.3. The molecule has 2 nitrogen and oxygen atoms in total. The van der Waals surface area contributed by atoms with Gasteiger partial charge in [0.15, 0.2) is 0 Å². The molecule has 1 aliphatic rings. The first-order valence-corrected chi connectivity index (χ1v) is 9.18. The molecule has 0 radical (unpaired) electrons. The summed E-state index contributed by atoms with van der Waals surface area (Å²) in [5, 5.41) is 3.70. The molecule has 22 heavy (non-hydrogen) atoms. The molecule has 3 rings (SSSR count). The van der Waals surface area contributed by atoms with Gasteiger partial charge in [-0.1, -0.05) is 42.5 Å². The molecule has 2 aromatic carbocycles. The van der Waals surface area contributed by atoms with Gasteiger partial charge in [0.25, 0.3) is 0 Å². The molecular weight excluding hydrogens is 288 g/mol. The lowest BCUT2D eigenvalue weighted by molar-refractivity contribution is 0.320. The molecule has 1 unspecified atom stereocenters. The molecule has 1 atom stereocenters. The smallest absolute Gasteiger partial charge is 0.0234 e. The van der Waals surface area contributed by atoms with Crippen molar-refractivity contribution in [3.05, 3.63) is 65.7 Å². The maximum atomic E-state index is 3.70. The summed E-state index contributed by atoms with van der Waals surface area (Å²) < 4.78 is 0. The number of thioether (sulfide) groups is 1. The van der Waals surface area contributed by atoms with Crippen molar-refractivity contribution in [3.8, 4) is 0 Å². The van der Waals surface area contributed by atoms with Crippen molar-refractivity contribution in [2.24, 2.45) is 0 Å². The van der Waals surface area contributed by atoms with Crippen LogP contribution in [0, 0.1) is 0 Å². The molecule has 3 heteroatoms. The maximum Gasteiger partial charge on any atom is 0.0234 e. The van der Waals surface area contributed by atoms with Crippen LogP contribution in [0.3, 0.4) is 0 Å². The van der Waals surface area contributed by atoms with E-state index < -0.39 is 0 Å². The largest absolute Gasteiger partial charge is 0.309 e. The fourth-order valence-corrected chi connectivity index (χ4v) is 3.40. The molecule has 1 aliphatic heterocycles. The van der Waals surface area contributed by atoms with Crippen LogP contribution in [0.1, 0.15) is 17.5 Å². The topological polar surface area (TPSA) is 15.3 Å². The Morgan fingerprint density at radius 3 is 2.55 bits per heavy atom. The highest BCUT2D eigenvalue weighted by Crippen LogP contribution is 2.16. The van der Waals surface area contributed by atoms with Crippen LogP contribution in [0.5, 0.6) is 0 Å². The third kappa shape index (κ3) is 4.35. The standard InChI is InChI=1S/C19H24N2S/c1-22-19-9-7-16(8-10-19)13-20-18-11-12-21(15-18)14-17-5-3-2-4-6-17/h2-10,18,20H,11-15H2,1H3. The first-order chi connectivity index (χ1) is 10.8. The van der Waals surface area contributed by atoms with Gasteiger partial charge in [0.2, 0.25) is 0 Å². The summed E-state index contributed by atoms with van der Waals surface area (Å²) in [5.41, 5.74) is 2.79. The minimum Gasteiger partial charge on any atom is -0.309 e. The van der Waals surface area contributed by atoms with Crippen LogP contribution in [0.25, 0.3) is 0 Å². The molecule has 1 N–H and O–H groups in total. The summed E-state index contributed by atoms with van der Waals surface area (Å²) >= 11 is 1.79. The van der Waals surface area contributed by atoms with E-state index in [0.29, 0.717) is 6.04 Å². The van der Waals surface area contributed by atoms with Crippen LogP contribution in [0.2, 0.25) is 0 Å². The molecular formula is C19H24N2S. The van der Waals surface area contributed by atoms with Crippen molar-refractivity contribution in [1.82, 2.24) is 10.2 Å². The number of nitrogens with one attached hydrogen (secondary N) is 1. The van der Waals surface area contributed by atoms with Gasteiger partial charge in [-0.3, -0.25) is 4.90 Å². The second kappa shape index (κ2) is 7.82. The number of rotatable bonds is 6. The Morgan fingerprint density at radius 2 is 1.82 bits per heavy atom. The quantitative estimate of drug-likeness (QED) is 0.817. The van der Waals surface area contributed by atoms with E-state index in [0.717, 1.165) is 19.6 Å². The van der Waals surface area contributed by atoms with Gasteiger partial charge >= 0.3 is 0 Å². The van der Waals surface area contributed by atoms with Crippen LogP contribution in [-0.2, 0) is 13.1 Å². The van der Waals surface area contributed by atoms with Gasteiger partial charge in [0, 0.05) is 37.1 Å². The van der Waals surface area contributed by atoms with Gasteiger partial charge in [0.05, 0.1) is 0 Å². The summed E-state index contributed by atoms with van der Waals surface area (Å²) in [7, 11) is 0. The van der Waals surface area contributed by atoms with Gasteiger partial charge < -0.3 is 5.32 Å². The summed E-state index contributed by atoms with van der Waals surface area (Å²) in [4.78, 5) is 3.88. The third-order valence-corrected chi connectivity index (χ3v) is 5.02. The van der Waals surface area contributed by atoms with Gasteiger partial charge in [-0.05, 0) is 35.9 Å². The van der Waals surface area contributed by atoms with Gasteiger partial charge in [-0.2, -0.15) is 0 Å². The Labute approximate surface area is 137 Å². The van der Waals surface area contributed by atoms with E-state index in [-0.39, 0.29) is 0 Å². The number of hydrogen-bond acceptors (Lipinski definition) is 3. The Bertz CT molecular complexity index is 568. The van der Waals surface area contributed by atoms with Crippen LogP contribution in [-0.4, -0.2) is 30.3 Å². The Balaban J connectivity index is 1.44. The summed E-state index contributed by atoms with van der Waals surface area (Å²) in [5.74, 6) is 0. The van der Waals surface area contributed by atoms with Crippen molar-refractivity contribution in [1.29, 1.82) is 0 Å². The van der Waals surface area contributed by atoms with Gasteiger partial charge in [-0.25, -0.2) is 0 Å². The predicted octanol–water partition coefficient (Wildman–Crippen LogP) is 3.77. The molecule has 0 bridgehead atoms. The highest BCUT2D eigenvalue weighted by atomic mass is 32.2. The van der Waals surface area contributed by atoms with Crippen molar-refractivity contribution in [2.75, 3.05) is 19.3 Å². The molecule has 116 valence electrons. The first-order valence-electron chi connectivity index (χ1n) is 7.96. The third-order valence-electron chi connectivity index (χ3n) is 4.28. The number of benzene rings is 2. The highest BCUT2D eigenvalue weighted by molar-refractivity contribution is 7.98. The zero-order valence-electron chi connectivity index (χ0n) is 13.2. The van der Waals surface area contributed by atoms with E-state index >= 15 is 0 Å². The summed E-state index contributed by atoms with van der Waals surface area (Å²) in [6.07, 6.45) is 3.36. The lowest BCUT2D eigenvalue weighted by Crippen LogP contribution is -2.31. The SMILES string of the molecule is CSc1ccc(CNC2CCN(Cc3ccccc3)C2)cc1. The zero-order valence-corrected chi connectivity index (χ0v) is 14.0. The first kappa shape index (κ1) is 15.6. The minimum absolute atomic E-state index is 0.615. The second-order valence-electron chi connectivity index (χ2n) is 5.94. The van der Waals surface area contributed by atoms with E-state index in [9.17, 15) is 0 Å². The Morgan fingerprint density at radius 1 is 1.05 bits per heavy atom. The molecule has 1 saturated heterocycles. The average molecular weight is 312 g/mol. The predicted molar refractivity (Wildman–Crippen MR) is 95.2 cm³/mol. The Kier molecular flexibility index (Phi) is 5.54. The van der Waals surface area contributed by atoms with E-state index in [1.807, 2.05) is 0 Å². The normalized spacial score (nSPS) is 18.7. The van der Waals surface area contributed by atoms with E-state index in [2.05, 4.69) is 71.1 Å². The monoisotopic (exact) mass is 312 g/mol. The summed E-state index contributed by atoms with van der Waals surface area (Å²) in [6.45, 7) is 4.38. The fraction of sp³-hybridized carbons (Fsp3) is 0.368. The second-order valence-corrected chi connectivity index (χ2v) is 6.81. The molecule has 0 spiro atoms. The van der Waals surface area contributed by atoms with E-state index in [1.54, 1.807) is 11.8 Å². The van der Waals surface area contributed by atoms with Crippen LogP contribution < -0.4 is 5.32 Å². The molecule has 0 aromatic heterocycles. The van der Waals surface area contributed by atoms with Gasteiger partial charge in [0.1, 0.15) is 0 Å². The van der Waals surface area contributed by atoms with Crippen LogP contribution >= 0.6 is 11.8 Å². The number of hydrogen-bond donors (Lipinski definition) is 1. The van der Waals surface area contributed by atoms with Crippen molar-refractivity contribution in [3.63, 3.8) is 0 Å². The van der Waals surface area contributed by atoms with E-state index in [1.165, 1.54) is 29.0 Å². The zero-order chi connectivity index (χ0) is 15.2. The average Bonchev–Trinajstić information content (AvgIpc) is 3.02. The highest BCUT2D eigenvalue weighted by Gasteiger charge is 2.21. The van der Waals surface area contributed by atoms with E-state index in [4.69, 9.17) is 0 Å². The fourth-order valence-electron chi connectivity index (χ4n) is 2.99. The van der Waals surface area contributed by atoms with Crippen molar-refractivity contribution >= 4 is 11.8 Å². The van der Waals surface area contributed by atoms with Crippen LogP contribution in [0.15, 0.2) is 59.5 Å².